The second-order valence-corrected chi connectivity index (χ2v) is 13.8. The third-order valence-electron chi connectivity index (χ3n) is 3.23. The lowest BCUT2D eigenvalue weighted by atomic mass is 10.1. The molecule has 0 bridgehead atoms. The maximum absolute atomic E-state index is 11.9. The summed E-state index contributed by atoms with van der Waals surface area (Å²) in [5.74, 6) is 0. The summed E-state index contributed by atoms with van der Waals surface area (Å²) < 4.78 is 25.0. The second kappa shape index (κ2) is 5.02. The summed E-state index contributed by atoms with van der Waals surface area (Å²) in [4.78, 5) is 0. The zero-order chi connectivity index (χ0) is 15.1. The summed E-state index contributed by atoms with van der Waals surface area (Å²) in [7, 11) is -4.80. The lowest BCUT2D eigenvalue weighted by Gasteiger charge is -2.20. The van der Waals surface area contributed by atoms with Gasteiger partial charge in [0.25, 0.3) is 0 Å². The van der Waals surface area contributed by atoms with Crippen LogP contribution in [0.4, 0.5) is 0 Å². The maximum Gasteiger partial charge on any atom is 0.236 e. The molecule has 0 aliphatic heterocycles. The highest BCUT2D eigenvalue weighted by Gasteiger charge is 2.24. The van der Waals surface area contributed by atoms with Crippen LogP contribution in [0.25, 0.3) is 10.9 Å². The molecule has 0 saturated heterocycles. The van der Waals surface area contributed by atoms with Crippen LogP contribution >= 0.6 is 0 Å². The van der Waals surface area contributed by atoms with E-state index in [1.165, 1.54) is 10.2 Å². The number of rotatable bonds is 4. The van der Waals surface area contributed by atoms with Crippen LogP contribution in [0.3, 0.4) is 0 Å². The number of para-hydroxylation sites is 1. The fourth-order valence-electron chi connectivity index (χ4n) is 2.41. The van der Waals surface area contributed by atoms with Crippen molar-refractivity contribution in [3.8, 4) is 0 Å². The van der Waals surface area contributed by atoms with E-state index in [4.69, 9.17) is 0 Å². The number of aliphatic hydroxyl groups excluding tert-OH is 1. The van der Waals surface area contributed by atoms with Gasteiger partial charge in [-0.1, -0.05) is 37.8 Å². The molecule has 1 atom stereocenters. The molecule has 1 aromatic carbocycles. The minimum Gasteiger partial charge on any atom is -0.389 e. The fourth-order valence-corrected chi connectivity index (χ4v) is 4.61. The van der Waals surface area contributed by atoms with Crippen LogP contribution in [0, 0.1) is 0 Å². The summed E-state index contributed by atoms with van der Waals surface area (Å²) in [6.07, 6.45) is 2.12. The average Bonchev–Trinajstić information content (AvgIpc) is 2.65. The molecule has 2 rings (SSSR count). The standard InChI is InChI=1S/C14H21NO3SSi/c1-19(17,18)15-9-12(14(16)10-20(2,3)4)11-7-5-6-8-13(11)15/h5-9,14,16H,10H2,1-4H3. The molecule has 0 saturated carbocycles. The van der Waals surface area contributed by atoms with Crippen molar-refractivity contribution in [2.24, 2.45) is 0 Å². The largest absolute Gasteiger partial charge is 0.389 e. The highest BCUT2D eigenvalue weighted by molar-refractivity contribution is 7.89. The van der Waals surface area contributed by atoms with Gasteiger partial charge in [-0.25, -0.2) is 12.4 Å². The van der Waals surface area contributed by atoms with E-state index in [0.29, 0.717) is 17.1 Å². The van der Waals surface area contributed by atoms with Gasteiger partial charge in [-0.05, 0) is 12.1 Å². The first-order valence-corrected chi connectivity index (χ1v) is 12.1. The molecular weight excluding hydrogens is 290 g/mol. The molecular formula is C14H21NO3SSi. The Kier molecular flexibility index (Phi) is 3.83. The normalized spacial score (nSPS) is 14.7. The molecule has 6 heteroatoms. The summed E-state index contributed by atoms with van der Waals surface area (Å²) in [5.41, 5.74) is 1.33. The molecule has 2 aromatic rings. The summed E-state index contributed by atoms with van der Waals surface area (Å²) in [6.45, 7) is 6.56. The third-order valence-corrected chi connectivity index (χ3v) is 5.86. The van der Waals surface area contributed by atoms with Gasteiger partial charge in [-0.3, -0.25) is 0 Å². The lowest BCUT2D eigenvalue weighted by molar-refractivity contribution is 0.199. The van der Waals surface area contributed by atoms with Gasteiger partial charge in [0.15, 0.2) is 0 Å². The molecule has 0 radical (unpaired) electrons. The van der Waals surface area contributed by atoms with E-state index >= 15 is 0 Å². The van der Waals surface area contributed by atoms with Crippen molar-refractivity contribution in [3.05, 3.63) is 36.0 Å². The SMILES string of the molecule is C[Si](C)(C)CC(O)c1cn(S(C)(=O)=O)c2ccccc12. The van der Waals surface area contributed by atoms with Crippen LogP contribution in [0.1, 0.15) is 11.7 Å². The Morgan fingerprint density at radius 3 is 2.40 bits per heavy atom. The number of aromatic nitrogens is 1. The molecule has 4 nitrogen and oxygen atoms in total. The van der Waals surface area contributed by atoms with Gasteiger partial charge < -0.3 is 5.11 Å². The molecule has 110 valence electrons. The van der Waals surface area contributed by atoms with E-state index in [1.54, 1.807) is 18.3 Å². The van der Waals surface area contributed by atoms with E-state index < -0.39 is 24.2 Å². The maximum atomic E-state index is 11.9. The molecule has 1 unspecified atom stereocenters. The second-order valence-electron chi connectivity index (χ2n) is 6.44. The minimum absolute atomic E-state index is 0.616. The predicted molar refractivity (Wildman–Crippen MR) is 85.3 cm³/mol. The zero-order valence-electron chi connectivity index (χ0n) is 12.3. The topological polar surface area (TPSA) is 59.3 Å². The van der Waals surface area contributed by atoms with Gasteiger partial charge in [0.1, 0.15) is 0 Å². The smallest absolute Gasteiger partial charge is 0.236 e. The Hall–Kier alpha value is -1.11. The summed E-state index contributed by atoms with van der Waals surface area (Å²) in [6, 6.07) is 8.00. The zero-order valence-corrected chi connectivity index (χ0v) is 14.1. The first-order chi connectivity index (χ1) is 9.09. The van der Waals surface area contributed by atoms with Gasteiger partial charge in [0, 0.05) is 25.2 Å². The van der Waals surface area contributed by atoms with Gasteiger partial charge in [-0.2, -0.15) is 0 Å². The number of nitrogens with zero attached hydrogens (tertiary/aromatic N) is 1. The number of hydrogen-bond donors (Lipinski definition) is 1. The van der Waals surface area contributed by atoms with E-state index in [9.17, 15) is 13.5 Å². The molecule has 0 aliphatic carbocycles. The van der Waals surface area contributed by atoms with Gasteiger partial charge in [-0.15, -0.1) is 0 Å². The highest BCUT2D eigenvalue weighted by Crippen LogP contribution is 2.32. The van der Waals surface area contributed by atoms with Gasteiger partial charge in [0.05, 0.1) is 17.9 Å². The Bertz CT molecular complexity index is 728. The average molecular weight is 311 g/mol. The number of fused-ring (bicyclic) bond motifs is 1. The molecule has 0 amide bonds. The quantitative estimate of drug-likeness (QED) is 0.883. The molecule has 0 spiro atoms. The first kappa shape index (κ1) is 15.3. The lowest BCUT2D eigenvalue weighted by Crippen LogP contribution is -2.22. The van der Waals surface area contributed by atoms with Crippen LogP contribution in [0.2, 0.25) is 25.7 Å². The number of hydrogen-bond acceptors (Lipinski definition) is 3. The van der Waals surface area contributed by atoms with Crippen LogP contribution < -0.4 is 0 Å². The predicted octanol–water partition coefficient (Wildman–Crippen LogP) is 2.82. The monoisotopic (exact) mass is 311 g/mol. The Morgan fingerprint density at radius 1 is 1.25 bits per heavy atom. The van der Waals surface area contributed by atoms with Crippen molar-refractivity contribution in [3.63, 3.8) is 0 Å². The Morgan fingerprint density at radius 2 is 1.85 bits per heavy atom. The van der Waals surface area contributed by atoms with E-state index in [2.05, 4.69) is 19.6 Å². The van der Waals surface area contributed by atoms with Crippen LogP contribution in [-0.4, -0.2) is 31.8 Å². The van der Waals surface area contributed by atoms with Crippen molar-refractivity contribution >= 4 is 29.0 Å². The van der Waals surface area contributed by atoms with Crippen LogP contribution in [-0.2, 0) is 10.0 Å². The van der Waals surface area contributed by atoms with E-state index in [1.807, 2.05) is 12.1 Å². The Balaban J connectivity index is 2.61. The third kappa shape index (κ3) is 3.13. The molecule has 1 N–H and O–H groups in total. The highest BCUT2D eigenvalue weighted by atomic mass is 32.2. The van der Waals surface area contributed by atoms with Gasteiger partial charge >= 0.3 is 0 Å². The van der Waals surface area contributed by atoms with Crippen molar-refractivity contribution < 1.29 is 13.5 Å². The molecule has 20 heavy (non-hydrogen) atoms. The van der Waals surface area contributed by atoms with E-state index in [-0.39, 0.29) is 0 Å². The van der Waals surface area contributed by atoms with Crippen molar-refractivity contribution in [1.82, 2.24) is 3.97 Å². The minimum atomic E-state index is -3.37. The summed E-state index contributed by atoms with van der Waals surface area (Å²) >= 11 is 0. The van der Waals surface area contributed by atoms with Crippen molar-refractivity contribution in [2.45, 2.75) is 31.8 Å². The molecule has 1 aromatic heterocycles. The van der Waals surface area contributed by atoms with Crippen LogP contribution in [0.5, 0.6) is 0 Å². The van der Waals surface area contributed by atoms with Crippen molar-refractivity contribution in [1.29, 1.82) is 0 Å². The number of benzene rings is 1. The molecule has 0 fully saturated rings. The van der Waals surface area contributed by atoms with Crippen molar-refractivity contribution in [2.75, 3.05) is 6.26 Å². The van der Waals surface area contributed by atoms with Crippen LogP contribution in [0.15, 0.2) is 30.5 Å². The number of aliphatic hydroxyl groups is 1. The first-order valence-electron chi connectivity index (χ1n) is 6.58. The summed E-state index contributed by atoms with van der Waals surface area (Å²) in [5, 5.41) is 11.3. The van der Waals surface area contributed by atoms with Gasteiger partial charge in [0.2, 0.25) is 10.0 Å². The molecule has 0 aliphatic rings. The fraction of sp³-hybridized carbons (Fsp3) is 0.429. The molecule has 1 heterocycles. The Labute approximate surface area is 121 Å². The van der Waals surface area contributed by atoms with E-state index in [0.717, 1.165) is 5.39 Å².